The van der Waals surface area contributed by atoms with Crippen molar-refractivity contribution in [3.8, 4) is 6.07 Å². The fourth-order valence-corrected chi connectivity index (χ4v) is 1.92. The third-order valence-electron chi connectivity index (χ3n) is 3.22. The number of nitrogens with zero attached hydrogens (tertiary/aromatic N) is 2. The normalized spacial score (nSPS) is 16.4. The van der Waals surface area contributed by atoms with E-state index >= 15 is 0 Å². The van der Waals surface area contributed by atoms with Crippen LogP contribution in [0.15, 0.2) is 18.2 Å². The van der Waals surface area contributed by atoms with Crippen molar-refractivity contribution in [3.63, 3.8) is 0 Å². The summed E-state index contributed by atoms with van der Waals surface area (Å²) in [5.41, 5.74) is -0.333. The summed E-state index contributed by atoms with van der Waals surface area (Å²) in [6.07, 6.45) is 2.50. The van der Waals surface area contributed by atoms with Crippen LogP contribution in [0.5, 0.6) is 0 Å². The predicted molar refractivity (Wildman–Crippen MR) is 65.1 cm³/mol. The molecule has 0 amide bonds. The first-order valence-electron chi connectivity index (χ1n) is 5.69. The lowest BCUT2D eigenvalue weighted by atomic mass is 9.80. The maximum Gasteiger partial charge on any atom is 0.289 e. The lowest BCUT2D eigenvalue weighted by molar-refractivity contribution is -0.385. The average molecular weight is 247 g/mol. The van der Waals surface area contributed by atoms with E-state index in [0.717, 1.165) is 19.3 Å². The zero-order chi connectivity index (χ0) is 13.2. The molecule has 6 heteroatoms. The Morgan fingerprint density at radius 3 is 2.78 bits per heavy atom. The predicted octanol–water partition coefficient (Wildman–Crippen LogP) is 1.79. The highest BCUT2D eigenvalue weighted by Gasteiger charge is 2.34. The lowest BCUT2D eigenvalue weighted by Gasteiger charge is -2.36. The Balaban J connectivity index is 2.12. The van der Waals surface area contributed by atoms with Gasteiger partial charge in [-0.2, -0.15) is 5.26 Å². The molecule has 6 nitrogen and oxygen atoms in total. The molecule has 2 rings (SSSR count). The minimum Gasteiger partial charge on any atom is -0.388 e. The van der Waals surface area contributed by atoms with Crippen molar-refractivity contribution in [1.82, 2.24) is 0 Å². The largest absolute Gasteiger partial charge is 0.388 e. The van der Waals surface area contributed by atoms with Gasteiger partial charge < -0.3 is 10.4 Å². The van der Waals surface area contributed by atoms with Gasteiger partial charge in [-0.25, -0.2) is 0 Å². The maximum atomic E-state index is 10.8. The van der Waals surface area contributed by atoms with Crippen LogP contribution in [0.3, 0.4) is 0 Å². The Bertz CT molecular complexity index is 518. The van der Waals surface area contributed by atoms with Crippen molar-refractivity contribution in [2.24, 2.45) is 0 Å². The van der Waals surface area contributed by atoms with Crippen LogP contribution in [0, 0.1) is 21.4 Å². The number of aliphatic hydroxyl groups is 1. The molecule has 0 atom stereocenters. The van der Waals surface area contributed by atoms with E-state index < -0.39 is 10.5 Å². The molecule has 0 saturated heterocycles. The molecule has 94 valence electrons. The maximum absolute atomic E-state index is 10.8. The number of nitriles is 1. The van der Waals surface area contributed by atoms with Crippen molar-refractivity contribution in [2.45, 2.75) is 24.9 Å². The first-order chi connectivity index (χ1) is 8.54. The standard InChI is InChI=1S/C12H13N3O3/c13-7-9-2-3-10(6-11(9)15(17)18)14-8-12(16)4-1-5-12/h2-3,6,14,16H,1,4-5,8H2. The van der Waals surface area contributed by atoms with Crippen molar-refractivity contribution in [2.75, 3.05) is 11.9 Å². The minimum absolute atomic E-state index is 0.0351. The first-order valence-corrected chi connectivity index (χ1v) is 5.69. The van der Waals surface area contributed by atoms with E-state index in [1.807, 2.05) is 0 Å². The Kier molecular flexibility index (Phi) is 3.17. The van der Waals surface area contributed by atoms with Crippen LogP contribution in [-0.4, -0.2) is 22.2 Å². The highest BCUT2D eigenvalue weighted by Crippen LogP contribution is 2.32. The van der Waals surface area contributed by atoms with Gasteiger partial charge in [-0.3, -0.25) is 10.1 Å². The minimum atomic E-state index is -0.692. The number of benzene rings is 1. The van der Waals surface area contributed by atoms with Gasteiger partial charge in [0.05, 0.1) is 10.5 Å². The number of nitro groups is 1. The molecule has 0 aromatic heterocycles. The number of hydrogen-bond acceptors (Lipinski definition) is 5. The molecule has 0 unspecified atom stereocenters. The highest BCUT2D eigenvalue weighted by molar-refractivity contribution is 5.59. The van der Waals surface area contributed by atoms with Crippen LogP contribution in [0.4, 0.5) is 11.4 Å². The number of hydrogen-bond donors (Lipinski definition) is 2. The van der Waals surface area contributed by atoms with Crippen molar-refractivity contribution in [1.29, 1.82) is 5.26 Å². The molecule has 1 fully saturated rings. The zero-order valence-corrected chi connectivity index (χ0v) is 9.72. The molecular formula is C12H13N3O3. The third-order valence-corrected chi connectivity index (χ3v) is 3.22. The van der Waals surface area contributed by atoms with Crippen LogP contribution in [0.1, 0.15) is 24.8 Å². The Morgan fingerprint density at radius 1 is 1.56 bits per heavy atom. The van der Waals surface area contributed by atoms with Gasteiger partial charge >= 0.3 is 0 Å². The van der Waals surface area contributed by atoms with E-state index in [1.165, 1.54) is 12.1 Å². The van der Waals surface area contributed by atoms with Gasteiger partial charge in [0.1, 0.15) is 11.6 Å². The summed E-state index contributed by atoms with van der Waals surface area (Å²) in [6.45, 7) is 0.371. The average Bonchev–Trinajstić information content (AvgIpc) is 2.33. The Morgan fingerprint density at radius 2 is 2.28 bits per heavy atom. The van der Waals surface area contributed by atoms with Crippen molar-refractivity contribution in [3.05, 3.63) is 33.9 Å². The summed E-state index contributed by atoms with van der Waals surface area (Å²) in [5, 5.41) is 32.4. The molecule has 0 aliphatic heterocycles. The van der Waals surface area contributed by atoms with E-state index in [2.05, 4.69) is 5.32 Å². The van der Waals surface area contributed by atoms with Gasteiger partial charge in [-0.1, -0.05) is 0 Å². The molecule has 0 heterocycles. The second kappa shape index (κ2) is 4.63. The number of anilines is 1. The van der Waals surface area contributed by atoms with Crippen molar-refractivity contribution >= 4 is 11.4 Å². The number of nitrogens with one attached hydrogen (secondary N) is 1. The van der Waals surface area contributed by atoms with E-state index in [1.54, 1.807) is 12.1 Å². The highest BCUT2D eigenvalue weighted by atomic mass is 16.6. The molecule has 1 aromatic carbocycles. The summed E-state index contributed by atoms with van der Waals surface area (Å²) in [7, 11) is 0. The van der Waals surface area contributed by atoms with E-state index in [0.29, 0.717) is 12.2 Å². The smallest absolute Gasteiger partial charge is 0.289 e. The number of nitro benzene ring substituents is 1. The molecule has 0 bridgehead atoms. The van der Waals surface area contributed by atoms with Gasteiger partial charge in [0, 0.05) is 18.3 Å². The van der Waals surface area contributed by atoms with Crippen LogP contribution >= 0.6 is 0 Å². The first kappa shape index (κ1) is 12.3. The second-order valence-corrected chi connectivity index (χ2v) is 4.53. The van der Waals surface area contributed by atoms with Gasteiger partial charge in [0.2, 0.25) is 0 Å². The van der Waals surface area contributed by atoms with E-state index in [-0.39, 0.29) is 11.3 Å². The Labute approximate surface area is 104 Å². The zero-order valence-electron chi connectivity index (χ0n) is 9.72. The van der Waals surface area contributed by atoms with Gasteiger partial charge in [0.15, 0.2) is 0 Å². The van der Waals surface area contributed by atoms with Crippen LogP contribution < -0.4 is 5.32 Å². The van der Waals surface area contributed by atoms with Gasteiger partial charge in [0.25, 0.3) is 5.69 Å². The number of rotatable bonds is 4. The summed E-state index contributed by atoms with van der Waals surface area (Å²) in [5.74, 6) is 0. The molecule has 1 aliphatic carbocycles. The Hall–Kier alpha value is -2.13. The van der Waals surface area contributed by atoms with Gasteiger partial charge in [-0.15, -0.1) is 0 Å². The SMILES string of the molecule is N#Cc1ccc(NCC2(O)CCC2)cc1[N+](=O)[O-]. The summed E-state index contributed by atoms with van der Waals surface area (Å²) < 4.78 is 0. The second-order valence-electron chi connectivity index (χ2n) is 4.53. The topological polar surface area (TPSA) is 99.2 Å². The van der Waals surface area contributed by atoms with Crippen LogP contribution in [-0.2, 0) is 0 Å². The molecular weight excluding hydrogens is 234 g/mol. The van der Waals surface area contributed by atoms with Crippen LogP contribution in [0.25, 0.3) is 0 Å². The molecule has 1 aliphatic rings. The molecule has 0 radical (unpaired) electrons. The van der Waals surface area contributed by atoms with E-state index in [4.69, 9.17) is 5.26 Å². The molecule has 0 spiro atoms. The fourth-order valence-electron chi connectivity index (χ4n) is 1.92. The quantitative estimate of drug-likeness (QED) is 0.624. The van der Waals surface area contributed by atoms with E-state index in [9.17, 15) is 15.2 Å². The molecule has 2 N–H and O–H groups in total. The fraction of sp³-hybridized carbons (Fsp3) is 0.417. The van der Waals surface area contributed by atoms with Crippen molar-refractivity contribution < 1.29 is 10.0 Å². The lowest BCUT2D eigenvalue weighted by Crippen LogP contribution is -2.43. The molecule has 18 heavy (non-hydrogen) atoms. The third kappa shape index (κ3) is 2.41. The summed E-state index contributed by atoms with van der Waals surface area (Å²) in [4.78, 5) is 10.2. The van der Waals surface area contributed by atoms with Crippen LogP contribution in [0.2, 0.25) is 0 Å². The molecule has 1 aromatic rings. The monoisotopic (exact) mass is 247 g/mol. The summed E-state index contributed by atoms with van der Waals surface area (Å²) in [6, 6.07) is 6.11. The summed E-state index contributed by atoms with van der Waals surface area (Å²) >= 11 is 0. The van der Waals surface area contributed by atoms with Gasteiger partial charge in [-0.05, 0) is 31.4 Å². The molecule has 1 saturated carbocycles.